The van der Waals surface area contributed by atoms with Gasteiger partial charge >= 0.3 is 0 Å². The maximum Gasteiger partial charge on any atom is 0.266 e. The van der Waals surface area contributed by atoms with E-state index in [2.05, 4.69) is 25.4 Å². The number of benzene rings is 2. The molecule has 2 aromatic carbocycles. The van der Waals surface area contributed by atoms with Crippen LogP contribution in [0.1, 0.15) is 13.8 Å². The van der Waals surface area contributed by atoms with Gasteiger partial charge in [-0.2, -0.15) is 5.10 Å². The fourth-order valence-electron chi connectivity index (χ4n) is 4.60. The first-order valence-electron chi connectivity index (χ1n) is 12.3. The van der Waals surface area contributed by atoms with Gasteiger partial charge in [-0.05, 0) is 49.7 Å². The van der Waals surface area contributed by atoms with Crippen LogP contribution in [0.2, 0.25) is 0 Å². The number of hydrogen-bond donors (Lipinski definition) is 1. The summed E-state index contributed by atoms with van der Waals surface area (Å²) >= 11 is 1.58. The Balaban J connectivity index is 1.44. The van der Waals surface area contributed by atoms with Gasteiger partial charge < -0.3 is 19.7 Å². The van der Waals surface area contributed by atoms with Crippen LogP contribution in [0.3, 0.4) is 0 Å². The van der Waals surface area contributed by atoms with Crippen molar-refractivity contribution in [2.45, 2.75) is 19.4 Å². The molecule has 38 heavy (non-hydrogen) atoms. The van der Waals surface area contributed by atoms with Gasteiger partial charge in [-0.15, -0.1) is 11.3 Å². The molecule has 5 aromatic rings. The van der Waals surface area contributed by atoms with Crippen molar-refractivity contribution in [2.75, 3.05) is 31.6 Å². The van der Waals surface area contributed by atoms with E-state index in [0.29, 0.717) is 48.8 Å². The Morgan fingerprint density at radius 3 is 2.71 bits per heavy atom. The summed E-state index contributed by atoms with van der Waals surface area (Å²) < 4.78 is 14.8. The van der Waals surface area contributed by atoms with Gasteiger partial charge in [0.1, 0.15) is 17.9 Å². The van der Waals surface area contributed by atoms with Crippen LogP contribution < -0.4 is 10.1 Å². The van der Waals surface area contributed by atoms with Gasteiger partial charge in [0.25, 0.3) is 5.91 Å². The maximum absolute atomic E-state index is 13.5. The van der Waals surface area contributed by atoms with Crippen molar-refractivity contribution in [1.29, 1.82) is 0 Å². The molecule has 1 amide bonds. The third-order valence-corrected chi connectivity index (χ3v) is 7.30. The molecule has 0 aliphatic carbocycles. The quantitative estimate of drug-likeness (QED) is 0.345. The first-order valence-corrected chi connectivity index (χ1v) is 13.2. The van der Waals surface area contributed by atoms with Gasteiger partial charge in [0.2, 0.25) is 0 Å². The molecule has 6 rings (SSSR count). The second-order valence-corrected chi connectivity index (χ2v) is 10.6. The lowest BCUT2D eigenvalue weighted by molar-refractivity contribution is -0.149. The smallest absolute Gasteiger partial charge is 0.266 e. The summed E-state index contributed by atoms with van der Waals surface area (Å²) in [6.45, 7) is 5.71. The lowest BCUT2D eigenvalue weighted by Crippen LogP contribution is -2.52. The molecule has 0 spiro atoms. The molecule has 0 atom stereocenters. The number of hydrogen-bond acceptors (Lipinski definition) is 9. The second-order valence-electron chi connectivity index (χ2n) is 9.67. The third kappa shape index (κ3) is 4.66. The highest BCUT2D eigenvalue weighted by atomic mass is 32.1. The summed E-state index contributed by atoms with van der Waals surface area (Å²) in [4.78, 5) is 28.7. The summed E-state index contributed by atoms with van der Waals surface area (Å²) in [6.07, 6.45) is 5.25. The van der Waals surface area contributed by atoms with E-state index in [4.69, 9.17) is 9.47 Å². The molecule has 194 valence electrons. The SMILES string of the molecule is Cn1cc(-c2cc(OC(C)(C)C(=O)N3CCOCC3)c3c(Nc4ccc5ncsc5c4)ncnc3c2)cn1. The molecule has 3 aromatic heterocycles. The average Bonchev–Trinajstić information content (AvgIpc) is 3.57. The van der Waals surface area contributed by atoms with Crippen LogP contribution in [0.15, 0.2) is 54.6 Å². The minimum absolute atomic E-state index is 0.0947. The van der Waals surface area contributed by atoms with E-state index in [-0.39, 0.29) is 5.91 Å². The molecule has 0 unspecified atom stereocenters. The molecule has 4 heterocycles. The molecule has 1 saturated heterocycles. The van der Waals surface area contributed by atoms with Crippen LogP contribution in [0.25, 0.3) is 32.2 Å². The van der Waals surface area contributed by atoms with Crippen LogP contribution in [0, 0.1) is 0 Å². The number of morpholine rings is 1. The van der Waals surface area contributed by atoms with Crippen molar-refractivity contribution >= 4 is 49.9 Å². The second kappa shape index (κ2) is 9.66. The summed E-state index contributed by atoms with van der Waals surface area (Å²) in [5.74, 6) is 0.999. The largest absolute Gasteiger partial charge is 0.477 e. The third-order valence-electron chi connectivity index (χ3n) is 6.51. The highest BCUT2D eigenvalue weighted by Gasteiger charge is 2.36. The van der Waals surface area contributed by atoms with Crippen molar-refractivity contribution < 1.29 is 14.3 Å². The molecule has 1 aliphatic heterocycles. The number of nitrogens with one attached hydrogen (secondary N) is 1. The molecule has 0 bridgehead atoms. The summed E-state index contributed by atoms with van der Waals surface area (Å²) in [6, 6.07) is 9.88. The molecule has 0 radical (unpaired) electrons. The van der Waals surface area contributed by atoms with E-state index in [1.807, 2.05) is 49.1 Å². The lowest BCUT2D eigenvalue weighted by atomic mass is 10.0. The number of ether oxygens (including phenoxy) is 2. The van der Waals surface area contributed by atoms with Crippen molar-refractivity contribution in [3.05, 3.63) is 54.6 Å². The number of carbonyl (C=O) groups is 1. The fourth-order valence-corrected chi connectivity index (χ4v) is 5.32. The normalized spacial score (nSPS) is 14.2. The maximum atomic E-state index is 13.5. The number of aromatic nitrogens is 5. The first kappa shape index (κ1) is 24.3. The summed E-state index contributed by atoms with van der Waals surface area (Å²) in [5, 5.41) is 8.43. The topological polar surface area (TPSA) is 107 Å². The standard InChI is InChI=1S/C27H27N7O3S/c1-27(2,26(35)34-6-8-36-9-7-34)37-22-11-17(18-13-31-33(3)14-18)10-21-24(22)25(29-15-28-21)32-19-4-5-20-23(12-19)38-16-30-20/h4-5,10-16H,6-9H2,1-3H3,(H,28,29,32). The van der Waals surface area contributed by atoms with Crippen molar-refractivity contribution in [1.82, 2.24) is 29.6 Å². The molecular formula is C27H27N7O3S. The number of anilines is 2. The van der Waals surface area contributed by atoms with Gasteiger partial charge in [-0.1, -0.05) is 0 Å². The number of rotatable bonds is 6. The first-order chi connectivity index (χ1) is 18.4. The summed E-state index contributed by atoms with van der Waals surface area (Å²) in [5.41, 5.74) is 4.99. The molecule has 1 aliphatic rings. The van der Waals surface area contributed by atoms with Gasteiger partial charge in [-0.25, -0.2) is 15.0 Å². The lowest BCUT2D eigenvalue weighted by Gasteiger charge is -2.34. The summed E-state index contributed by atoms with van der Waals surface area (Å²) in [7, 11) is 1.87. The zero-order valence-electron chi connectivity index (χ0n) is 21.3. The van der Waals surface area contributed by atoms with Crippen molar-refractivity contribution in [3.63, 3.8) is 0 Å². The van der Waals surface area contributed by atoms with Gasteiger partial charge in [0, 0.05) is 37.6 Å². The van der Waals surface area contributed by atoms with E-state index in [0.717, 1.165) is 27.0 Å². The number of nitrogens with zero attached hydrogens (tertiary/aromatic N) is 6. The zero-order valence-corrected chi connectivity index (χ0v) is 22.2. The fraction of sp³-hybridized carbons (Fsp3) is 0.296. The van der Waals surface area contributed by atoms with E-state index in [1.54, 1.807) is 41.0 Å². The van der Waals surface area contributed by atoms with E-state index >= 15 is 0 Å². The van der Waals surface area contributed by atoms with E-state index in [9.17, 15) is 4.79 Å². The van der Waals surface area contributed by atoms with Crippen LogP contribution in [0.5, 0.6) is 5.75 Å². The van der Waals surface area contributed by atoms with Gasteiger partial charge in [0.15, 0.2) is 5.60 Å². The van der Waals surface area contributed by atoms with E-state index < -0.39 is 5.60 Å². The Morgan fingerprint density at radius 2 is 1.92 bits per heavy atom. The van der Waals surface area contributed by atoms with Crippen LogP contribution in [-0.4, -0.2) is 67.4 Å². The molecule has 11 heteroatoms. The minimum atomic E-state index is -1.13. The number of amides is 1. The molecule has 10 nitrogen and oxygen atoms in total. The Kier molecular flexibility index (Phi) is 6.16. The van der Waals surface area contributed by atoms with Gasteiger partial charge in [0.05, 0.1) is 46.0 Å². The molecule has 0 saturated carbocycles. The highest BCUT2D eigenvalue weighted by Crippen LogP contribution is 2.38. The predicted molar refractivity (Wildman–Crippen MR) is 147 cm³/mol. The molecular weight excluding hydrogens is 502 g/mol. The predicted octanol–water partition coefficient (Wildman–Crippen LogP) is 4.40. The Hall–Kier alpha value is -4.09. The minimum Gasteiger partial charge on any atom is -0.477 e. The molecule has 1 N–H and O–H groups in total. The van der Waals surface area contributed by atoms with Gasteiger partial charge in [-0.3, -0.25) is 9.48 Å². The van der Waals surface area contributed by atoms with Crippen LogP contribution in [0.4, 0.5) is 11.5 Å². The van der Waals surface area contributed by atoms with Crippen LogP contribution >= 0.6 is 11.3 Å². The number of aryl methyl sites for hydroxylation is 1. The highest BCUT2D eigenvalue weighted by molar-refractivity contribution is 7.16. The van der Waals surface area contributed by atoms with E-state index in [1.165, 1.54) is 6.33 Å². The van der Waals surface area contributed by atoms with Crippen molar-refractivity contribution in [3.8, 4) is 16.9 Å². The molecule has 1 fully saturated rings. The Labute approximate surface area is 223 Å². The number of thiazole rings is 1. The van der Waals surface area contributed by atoms with Crippen LogP contribution in [-0.2, 0) is 16.6 Å². The number of fused-ring (bicyclic) bond motifs is 2. The zero-order chi connectivity index (χ0) is 26.3. The Bertz CT molecular complexity index is 1640. The van der Waals surface area contributed by atoms with Crippen molar-refractivity contribution in [2.24, 2.45) is 7.05 Å². The average molecular weight is 530 g/mol. The number of carbonyl (C=O) groups excluding carboxylic acids is 1. The monoisotopic (exact) mass is 529 g/mol. The Morgan fingerprint density at radius 1 is 1.08 bits per heavy atom.